The molecule has 3 nitrogen and oxygen atoms in total. The summed E-state index contributed by atoms with van der Waals surface area (Å²) in [6.07, 6.45) is 2.01. The van der Waals surface area contributed by atoms with Gasteiger partial charge in [-0.2, -0.15) is 0 Å². The minimum absolute atomic E-state index is 0.990. The van der Waals surface area contributed by atoms with Crippen LogP contribution in [0.3, 0.4) is 0 Å². The highest BCUT2D eigenvalue weighted by Gasteiger charge is 2.17. The van der Waals surface area contributed by atoms with Gasteiger partial charge >= 0.3 is 0 Å². The lowest BCUT2D eigenvalue weighted by atomic mass is 10.0. The predicted molar refractivity (Wildman–Crippen MR) is 209 cm³/mol. The Kier molecular flexibility index (Phi) is 5.54. The van der Waals surface area contributed by atoms with Crippen LogP contribution in [0.2, 0.25) is 0 Å². The molecule has 11 rings (SSSR count). The summed E-state index contributed by atoms with van der Waals surface area (Å²) in [6.45, 7) is 0. The van der Waals surface area contributed by atoms with Gasteiger partial charge in [0.1, 0.15) is 0 Å². The summed E-state index contributed by atoms with van der Waals surface area (Å²) in [5, 5.41) is 8.75. The molecule has 4 heterocycles. The Morgan fingerprint density at radius 2 is 0.959 bits per heavy atom. The molecule has 49 heavy (non-hydrogen) atoms. The van der Waals surface area contributed by atoms with Gasteiger partial charge < -0.3 is 9.13 Å². The van der Waals surface area contributed by atoms with Crippen LogP contribution in [0.4, 0.5) is 0 Å². The van der Waals surface area contributed by atoms with Crippen molar-refractivity contribution in [1.82, 2.24) is 14.1 Å². The van der Waals surface area contributed by atoms with Crippen molar-refractivity contribution in [3.63, 3.8) is 0 Å². The molecular weight excluding hydrogens is 615 g/mol. The molecule has 0 saturated heterocycles. The Labute approximate surface area is 285 Å². The third-order valence-electron chi connectivity index (χ3n) is 10.1. The van der Waals surface area contributed by atoms with Crippen LogP contribution in [0.15, 0.2) is 164 Å². The summed E-state index contributed by atoms with van der Waals surface area (Å²) in [5.41, 5.74) is 10.4. The van der Waals surface area contributed by atoms with Crippen molar-refractivity contribution in [3.8, 4) is 22.5 Å². The first-order valence-corrected chi connectivity index (χ1v) is 17.4. The molecule has 7 aromatic carbocycles. The van der Waals surface area contributed by atoms with E-state index in [-0.39, 0.29) is 0 Å². The van der Waals surface area contributed by atoms with Crippen molar-refractivity contribution in [1.29, 1.82) is 0 Å². The van der Waals surface area contributed by atoms with Gasteiger partial charge in [0.25, 0.3) is 0 Å². The minimum Gasteiger partial charge on any atom is -0.309 e. The molecule has 4 heteroatoms. The molecule has 0 N–H and O–H groups in total. The number of rotatable bonds is 3. The standard InChI is InChI=1S/C45H27N3S/c1-5-13-40-33(9-1)34-10-2-6-14-41(34)47(40)31-19-21-43-37(26-31)35-11-3-7-15-42(35)48(43)32-24-30-23-28(17-20-39(30)46-27-32)29-18-22-45-38(25-29)36-12-4-8-16-44(36)49-45/h1-27H. The van der Waals surface area contributed by atoms with Gasteiger partial charge in [-0.05, 0) is 83.9 Å². The fourth-order valence-corrected chi connectivity index (χ4v) is 8.99. The van der Waals surface area contributed by atoms with Crippen LogP contribution in [0.1, 0.15) is 0 Å². The van der Waals surface area contributed by atoms with E-state index in [9.17, 15) is 0 Å². The molecule has 0 fully saturated rings. The fraction of sp³-hybridized carbons (Fsp3) is 0. The molecule has 228 valence electrons. The van der Waals surface area contributed by atoms with Gasteiger partial charge in [0.15, 0.2) is 0 Å². The summed E-state index contributed by atoms with van der Waals surface area (Å²) < 4.78 is 7.41. The van der Waals surface area contributed by atoms with Crippen LogP contribution < -0.4 is 0 Å². The molecule has 0 spiro atoms. The van der Waals surface area contributed by atoms with Crippen molar-refractivity contribution in [2.75, 3.05) is 0 Å². The normalized spacial score (nSPS) is 12.1. The van der Waals surface area contributed by atoms with Crippen LogP contribution in [0.5, 0.6) is 0 Å². The Morgan fingerprint density at radius 1 is 0.388 bits per heavy atom. The number of pyridine rings is 1. The molecule has 0 aliphatic heterocycles. The van der Waals surface area contributed by atoms with E-state index in [2.05, 4.69) is 167 Å². The highest BCUT2D eigenvalue weighted by atomic mass is 32.1. The third-order valence-corrected chi connectivity index (χ3v) is 11.3. The Bertz CT molecular complexity index is 3070. The van der Waals surface area contributed by atoms with Gasteiger partial charge in [-0.25, -0.2) is 0 Å². The van der Waals surface area contributed by atoms with E-state index in [1.165, 1.54) is 69.4 Å². The predicted octanol–water partition coefficient (Wildman–Crippen LogP) is 12.5. The van der Waals surface area contributed by atoms with Gasteiger partial charge in [0, 0.05) is 52.8 Å². The number of hydrogen-bond acceptors (Lipinski definition) is 2. The third kappa shape index (κ3) is 3.92. The molecule has 0 aliphatic carbocycles. The maximum Gasteiger partial charge on any atom is 0.0704 e. The van der Waals surface area contributed by atoms with Crippen molar-refractivity contribution < 1.29 is 0 Å². The van der Waals surface area contributed by atoms with Crippen molar-refractivity contribution in [2.45, 2.75) is 0 Å². The SMILES string of the molecule is c1ccc2c(c1)sc1ccc(-c3ccc4ncc(-n5c6ccccc6c6cc(-n7c8ccccc8c8ccccc87)ccc65)cc4c3)cc12. The van der Waals surface area contributed by atoms with Gasteiger partial charge in [-0.1, -0.05) is 84.9 Å². The lowest BCUT2D eigenvalue weighted by molar-refractivity contribution is 1.15. The lowest BCUT2D eigenvalue weighted by Crippen LogP contribution is -1.96. The highest BCUT2D eigenvalue weighted by molar-refractivity contribution is 7.25. The second kappa shape index (κ2) is 10.1. The average Bonchev–Trinajstić information content (AvgIpc) is 3.81. The summed E-state index contributed by atoms with van der Waals surface area (Å²) in [6, 6.07) is 57.5. The highest BCUT2D eigenvalue weighted by Crippen LogP contribution is 2.39. The van der Waals surface area contributed by atoms with E-state index >= 15 is 0 Å². The maximum absolute atomic E-state index is 4.97. The van der Waals surface area contributed by atoms with Crippen molar-refractivity contribution in [2.24, 2.45) is 0 Å². The fourth-order valence-electron chi connectivity index (χ4n) is 7.91. The van der Waals surface area contributed by atoms with Gasteiger partial charge in [-0.15, -0.1) is 11.3 Å². The number of benzene rings is 7. The van der Waals surface area contributed by atoms with E-state index in [1.54, 1.807) is 0 Å². The van der Waals surface area contributed by atoms with Crippen molar-refractivity contribution in [3.05, 3.63) is 164 Å². The topological polar surface area (TPSA) is 22.8 Å². The summed E-state index contributed by atoms with van der Waals surface area (Å²) in [4.78, 5) is 4.97. The summed E-state index contributed by atoms with van der Waals surface area (Å²) in [5.74, 6) is 0. The molecule has 11 aromatic rings. The molecule has 0 aliphatic rings. The molecule has 0 unspecified atom stereocenters. The van der Waals surface area contributed by atoms with Crippen LogP contribution in [0.25, 0.3) is 97.2 Å². The second-order valence-electron chi connectivity index (χ2n) is 12.8. The van der Waals surface area contributed by atoms with Crippen molar-refractivity contribution >= 4 is 86.0 Å². The number of fused-ring (bicyclic) bond motifs is 10. The number of aromatic nitrogens is 3. The Balaban J connectivity index is 1.09. The van der Waals surface area contributed by atoms with Crippen LogP contribution in [-0.4, -0.2) is 14.1 Å². The molecule has 0 atom stereocenters. The first-order valence-electron chi connectivity index (χ1n) is 16.6. The molecule has 4 aromatic heterocycles. The van der Waals surface area contributed by atoms with Gasteiger partial charge in [-0.3, -0.25) is 4.98 Å². The molecule has 0 saturated carbocycles. The number of nitrogens with zero attached hydrogens (tertiary/aromatic N) is 3. The van der Waals surface area contributed by atoms with E-state index in [4.69, 9.17) is 4.98 Å². The number of thiophene rings is 1. The largest absolute Gasteiger partial charge is 0.309 e. The zero-order valence-corrected chi connectivity index (χ0v) is 27.2. The summed E-state index contributed by atoms with van der Waals surface area (Å²) in [7, 11) is 0. The first-order chi connectivity index (χ1) is 24.3. The summed E-state index contributed by atoms with van der Waals surface area (Å²) >= 11 is 1.86. The maximum atomic E-state index is 4.97. The van der Waals surface area contributed by atoms with E-state index < -0.39 is 0 Å². The second-order valence-corrected chi connectivity index (χ2v) is 13.9. The smallest absolute Gasteiger partial charge is 0.0704 e. The molecule has 0 radical (unpaired) electrons. The Hall–Kier alpha value is -6.23. The monoisotopic (exact) mass is 641 g/mol. The quantitative estimate of drug-likeness (QED) is 0.188. The minimum atomic E-state index is 0.990. The van der Waals surface area contributed by atoms with E-state index in [0.29, 0.717) is 0 Å². The average molecular weight is 642 g/mol. The van der Waals surface area contributed by atoms with Crippen LogP contribution in [-0.2, 0) is 0 Å². The zero-order valence-electron chi connectivity index (χ0n) is 26.3. The van der Waals surface area contributed by atoms with Crippen LogP contribution in [0, 0.1) is 0 Å². The molecule has 0 bridgehead atoms. The molecular formula is C45H27N3S. The van der Waals surface area contributed by atoms with Crippen LogP contribution >= 0.6 is 11.3 Å². The number of hydrogen-bond donors (Lipinski definition) is 0. The lowest BCUT2D eigenvalue weighted by Gasteiger charge is -2.11. The Morgan fingerprint density at radius 3 is 1.71 bits per heavy atom. The first kappa shape index (κ1) is 26.8. The molecule has 0 amide bonds. The van der Waals surface area contributed by atoms with Gasteiger partial charge in [0.05, 0.1) is 39.5 Å². The zero-order chi connectivity index (χ0) is 32.1. The van der Waals surface area contributed by atoms with E-state index in [0.717, 1.165) is 27.8 Å². The van der Waals surface area contributed by atoms with Gasteiger partial charge in [0.2, 0.25) is 0 Å². The van der Waals surface area contributed by atoms with E-state index in [1.807, 2.05) is 17.5 Å². The number of para-hydroxylation sites is 3.